The molecule has 1 aromatic carbocycles. The van der Waals surface area contributed by atoms with Crippen LogP contribution < -0.4 is 5.32 Å². The van der Waals surface area contributed by atoms with Gasteiger partial charge in [0.05, 0.1) is 5.92 Å². The molecule has 18 heavy (non-hydrogen) atoms. The number of benzene rings is 1. The lowest BCUT2D eigenvalue weighted by atomic mass is 9.90. The molecule has 3 heteroatoms. The highest BCUT2D eigenvalue weighted by Crippen LogP contribution is 2.26. The van der Waals surface area contributed by atoms with Gasteiger partial charge in [0, 0.05) is 6.04 Å². The first-order valence-corrected chi connectivity index (χ1v) is 6.34. The third-order valence-electron chi connectivity index (χ3n) is 3.62. The van der Waals surface area contributed by atoms with E-state index in [4.69, 9.17) is 5.11 Å². The topological polar surface area (TPSA) is 49.3 Å². The van der Waals surface area contributed by atoms with Crippen LogP contribution in [0.1, 0.15) is 41.6 Å². The van der Waals surface area contributed by atoms with Gasteiger partial charge in [-0.25, -0.2) is 0 Å². The Labute approximate surface area is 109 Å². The Morgan fingerprint density at radius 2 is 1.78 bits per heavy atom. The van der Waals surface area contributed by atoms with E-state index in [-0.39, 0.29) is 12.0 Å². The fourth-order valence-electron chi connectivity index (χ4n) is 2.21. The fraction of sp³-hybridized carbons (Fsp3) is 0.533. The van der Waals surface area contributed by atoms with Crippen molar-refractivity contribution < 1.29 is 9.90 Å². The molecule has 100 valence electrons. The van der Waals surface area contributed by atoms with Crippen LogP contribution in [-0.2, 0) is 4.79 Å². The van der Waals surface area contributed by atoms with E-state index in [9.17, 15) is 4.79 Å². The highest BCUT2D eigenvalue weighted by molar-refractivity contribution is 5.69. The number of rotatable bonds is 5. The number of carbonyl (C=O) groups is 1. The zero-order chi connectivity index (χ0) is 13.9. The van der Waals surface area contributed by atoms with Gasteiger partial charge in [-0.1, -0.05) is 19.1 Å². The number of hydrogen-bond acceptors (Lipinski definition) is 2. The third-order valence-corrected chi connectivity index (χ3v) is 3.62. The van der Waals surface area contributed by atoms with Crippen molar-refractivity contribution in [3.8, 4) is 0 Å². The van der Waals surface area contributed by atoms with E-state index in [1.807, 2.05) is 7.05 Å². The van der Waals surface area contributed by atoms with Crippen LogP contribution in [0, 0.1) is 26.7 Å². The van der Waals surface area contributed by atoms with Gasteiger partial charge in [0.1, 0.15) is 0 Å². The van der Waals surface area contributed by atoms with Crippen molar-refractivity contribution in [1.82, 2.24) is 5.32 Å². The van der Waals surface area contributed by atoms with Crippen molar-refractivity contribution in [2.75, 3.05) is 7.05 Å². The van der Waals surface area contributed by atoms with E-state index < -0.39 is 5.97 Å². The fourth-order valence-corrected chi connectivity index (χ4v) is 2.21. The second kappa shape index (κ2) is 6.01. The van der Waals surface area contributed by atoms with Crippen molar-refractivity contribution in [2.24, 2.45) is 5.92 Å². The molecule has 1 rings (SSSR count). The van der Waals surface area contributed by atoms with E-state index in [1.54, 1.807) is 6.92 Å². The van der Waals surface area contributed by atoms with Crippen LogP contribution in [0.25, 0.3) is 0 Å². The molecule has 0 aliphatic heterocycles. The Balaban J connectivity index is 3.02. The maximum atomic E-state index is 11.0. The number of carboxylic acid groups (broad SMARTS) is 1. The summed E-state index contributed by atoms with van der Waals surface area (Å²) in [5, 5.41) is 12.2. The molecule has 0 heterocycles. The molecule has 0 fully saturated rings. The molecule has 0 radical (unpaired) electrons. The summed E-state index contributed by atoms with van der Waals surface area (Å²) >= 11 is 0. The second-order valence-electron chi connectivity index (χ2n) is 5.11. The van der Waals surface area contributed by atoms with E-state index in [1.165, 1.54) is 22.3 Å². The lowest BCUT2D eigenvalue weighted by Crippen LogP contribution is -2.23. The molecule has 3 nitrogen and oxygen atoms in total. The quantitative estimate of drug-likeness (QED) is 0.843. The Hall–Kier alpha value is -1.35. The van der Waals surface area contributed by atoms with E-state index in [0.29, 0.717) is 6.42 Å². The van der Waals surface area contributed by atoms with Gasteiger partial charge in [-0.15, -0.1) is 0 Å². The zero-order valence-corrected chi connectivity index (χ0v) is 11.9. The predicted octanol–water partition coefficient (Wildman–Crippen LogP) is 2.98. The van der Waals surface area contributed by atoms with Crippen molar-refractivity contribution in [1.29, 1.82) is 0 Å². The first-order valence-electron chi connectivity index (χ1n) is 6.34. The normalized spacial score (nSPS) is 14.3. The first kappa shape index (κ1) is 14.7. The minimum atomic E-state index is -0.739. The van der Waals surface area contributed by atoms with Crippen LogP contribution >= 0.6 is 0 Å². The molecule has 1 aromatic rings. The molecule has 0 saturated carbocycles. The number of carboxylic acids is 1. The number of aryl methyl sites for hydroxylation is 3. The Morgan fingerprint density at radius 1 is 1.22 bits per heavy atom. The van der Waals surface area contributed by atoms with Crippen molar-refractivity contribution >= 4 is 5.97 Å². The number of aliphatic carboxylic acids is 1. The minimum Gasteiger partial charge on any atom is -0.481 e. The molecule has 2 unspecified atom stereocenters. The third kappa shape index (κ3) is 3.33. The zero-order valence-electron chi connectivity index (χ0n) is 11.9. The van der Waals surface area contributed by atoms with E-state index in [2.05, 4.69) is 38.2 Å². The average Bonchev–Trinajstić information content (AvgIpc) is 2.30. The highest BCUT2D eigenvalue weighted by Gasteiger charge is 2.20. The molecule has 0 spiro atoms. The van der Waals surface area contributed by atoms with Crippen LogP contribution in [0.15, 0.2) is 12.1 Å². The van der Waals surface area contributed by atoms with Crippen LogP contribution in [0.5, 0.6) is 0 Å². The highest BCUT2D eigenvalue weighted by atomic mass is 16.4. The van der Waals surface area contributed by atoms with E-state index in [0.717, 1.165) is 0 Å². The second-order valence-corrected chi connectivity index (χ2v) is 5.11. The average molecular weight is 249 g/mol. The minimum absolute atomic E-state index is 0.0930. The molecule has 0 aromatic heterocycles. The summed E-state index contributed by atoms with van der Waals surface area (Å²) in [4.78, 5) is 11.0. The van der Waals surface area contributed by atoms with Gasteiger partial charge in [0.15, 0.2) is 0 Å². The number of hydrogen-bond donors (Lipinski definition) is 2. The monoisotopic (exact) mass is 249 g/mol. The molecular weight excluding hydrogens is 226 g/mol. The maximum Gasteiger partial charge on any atom is 0.306 e. The van der Waals surface area contributed by atoms with Gasteiger partial charge in [-0.05, 0) is 56.5 Å². The van der Waals surface area contributed by atoms with Crippen molar-refractivity contribution in [2.45, 2.75) is 40.2 Å². The summed E-state index contributed by atoms with van der Waals surface area (Å²) in [6.07, 6.45) is 0.606. The molecule has 0 saturated heterocycles. The summed E-state index contributed by atoms with van der Waals surface area (Å²) in [6.45, 7) is 8.02. The molecule has 0 amide bonds. The Kier molecular flexibility index (Phi) is 4.91. The van der Waals surface area contributed by atoms with Crippen molar-refractivity contribution in [3.05, 3.63) is 34.4 Å². The molecule has 0 bridgehead atoms. The van der Waals surface area contributed by atoms with Crippen LogP contribution in [0.3, 0.4) is 0 Å². The van der Waals surface area contributed by atoms with Gasteiger partial charge in [-0.3, -0.25) is 4.79 Å². The van der Waals surface area contributed by atoms with Gasteiger partial charge in [0.2, 0.25) is 0 Å². The van der Waals surface area contributed by atoms with Crippen LogP contribution in [0.4, 0.5) is 0 Å². The Morgan fingerprint density at radius 3 is 2.28 bits per heavy atom. The molecule has 2 N–H and O–H groups in total. The van der Waals surface area contributed by atoms with Gasteiger partial charge in [0.25, 0.3) is 0 Å². The SMILES string of the molecule is CNC(CC(C)C(=O)O)c1cc(C)c(C)cc1C. The predicted molar refractivity (Wildman–Crippen MR) is 73.9 cm³/mol. The molecule has 0 aliphatic rings. The van der Waals surface area contributed by atoms with Gasteiger partial charge < -0.3 is 10.4 Å². The van der Waals surface area contributed by atoms with E-state index >= 15 is 0 Å². The standard InChI is InChI=1S/C15H23NO2/c1-9-6-11(3)13(7-10(9)2)14(16-5)8-12(4)15(17)18/h6-7,12,14,16H,8H2,1-5H3,(H,17,18). The lowest BCUT2D eigenvalue weighted by Gasteiger charge is -2.22. The molecular formula is C15H23NO2. The number of nitrogens with one attached hydrogen (secondary N) is 1. The summed E-state index contributed by atoms with van der Waals surface area (Å²) in [5.74, 6) is -1.08. The van der Waals surface area contributed by atoms with Gasteiger partial charge in [-0.2, -0.15) is 0 Å². The largest absolute Gasteiger partial charge is 0.481 e. The van der Waals surface area contributed by atoms with Gasteiger partial charge >= 0.3 is 5.97 Å². The summed E-state index contributed by atoms with van der Waals surface area (Å²) in [7, 11) is 1.88. The smallest absolute Gasteiger partial charge is 0.306 e. The molecule has 0 aliphatic carbocycles. The summed E-state index contributed by atoms with van der Waals surface area (Å²) in [6, 6.07) is 4.43. The molecule has 2 atom stereocenters. The van der Waals surface area contributed by atoms with Crippen molar-refractivity contribution in [3.63, 3.8) is 0 Å². The van der Waals surface area contributed by atoms with Crippen LogP contribution in [-0.4, -0.2) is 18.1 Å². The first-order chi connectivity index (χ1) is 8.36. The Bertz CT molecular complexity index is 440. The lowest BCUT2D eigenvalue weighted by molar-refractivity contribution is -0.141. The van der Waals surface area contributed by atoms with Crippen LogP contribution in [0.2, 0.25) is 0 Å². The summed E-state index contributed by atoms with van der Waals surface area (Å²) < 4.78 is 0. The summed E-state index contributed by atoms with van der Waals surface area (Å²) in [5.41, 5.74) is 4.94. The maximum absolute atomic E-state index is 11.0.